The van der Waals surface area contributed by atoms with Crippen LogP contribution in [0.15, 0.2) is 0 Å². The van der Waals surface area contributed by atoms with E-state index in [1.54, 1.807) is 0 Å². The van der Waals surface area contributed by atoms with Crippen LogP contribution in [0.1, 0.15) is 61.8 Å². The van der Waals surface area contributed by atoms with Crippen molar-refractivity contribution in [1.29, 1.82) is 0 Å². The standard InChI is InChI=1S/C23H40/c1-10-9-18-12(3)13(4)20-15(6)17(8)21-16(7)14(5)19(11(10)2)23(21)22(18)20/h10-23H,9H2,1-8H3. The van der Waals surface area contributed by atoms with Gasteiger partial charge in [0.25, 0.3) is 0 Å². The van der Waals surface area contributed by atoms with E-state index in [1.165, 1.54) is 6.42 Å². The molecule has 14 unspecified atom stereocenters. The van der Waals surface area contributed by atoms with Crippen LogP contribution in [-0.4, -0.2) is 0 Å². The molecule has 0 radical (unpaired) electrons. The van der Waals surface area contributed by atoms with Crippen LogP contribution in [0.25, 0.3) is 0 Å². The summed E-state index contributed by atoms with van der Waals surface area (Å²) in [6, 6.07) is 0. The first-order valence-corrected chi connectivity index (χ1v) is 10.8. The maximum atomic E-state index is 2.63. The van der Waals surface area contributed by atoms with Gasteiger partial charge in [-0.1, -0.05) is 55.4 Å². The lowest BCUT2D eigenvalue weighted by Crippen LogP contribution is -2.46. The third-order valence-electron chi connectivity index (χ3n) is 10.6. The topological polar surface area (TPSA) is 0 Å². The van der Waals surface area contributed by atoms with Crippen molar-refractivity contribution in [1.82, 2.24) is 0 Å². The summed E-state index contributed by atoms with van der Waals surface area (Å²) in [6.45, 7) is 20.9. The molecule has 0 heteroatoms. The van der Waals surface area contributed by atoms with Crippen LogP contribution >= 0.6 is 0 Å². The molecule has 0 bridgehead atoms. The van der Waals surface area contributed by atoms with Gasteiger partial charge in [0.05, 0.1) is 0 Å². The third-order valence-corrected chi connectivity index (χ3v) is 10.6. The Balaban J connectivity index is 1.86. The molecule has 4 saturated carbocycles. The van der Waals surface area contributed by atoms with Gasteiger partial charge in [-0.25, -0.2) is 0 Å². The Hall–Kier alpha value is 0. The molecule has 0 spiro atoms. The van der Waals surface area contributed by atoms with Gasteiger partial charge in [-0.2, -0.15) is 0 Å². The molecule has 4 aliphatic rings. The van der Waals surface area contributed by atoms with Crippen LogP contribution in [0.2, 0.25) is 0 Å². The first-order valence-electron chi connectivity index (χ1n) is 10.8. The summed E-state index contributed by atoms with van der Waals surface area (Å²) < 4.78 is 0. The Morgan fingerprint density at radius 1 is 0.391 bits per heavy atom. The van der Waals surface area contributed by atoms with Gasteiger partial charge in [-0.15, -0.1) is 0 Å². The van der Waals surface area contributed by atoms with Crippen LogP contribution in [-0.2, 0) is 0 Å². The van der Waals surface area contributed by atoms with Gasteiger partial charge in [0.2, 0.25) is 0 Å². The molecule has 0 nitrogen and oxygen atoms in total. The Kier molecular flexibility index (Phi) is 3.76. The van der Waals surface area contributed by atoms with E-state index in [9.17, 15) is 0 Å². The molecular formula is C23H40. The summed E-state index contributed by atoms with van der Waals surface area (Å²) >= 11 is 0. The average Bonchev–Trinajstić information content (AvgIpc) is 2.86. The third kappa shape index (κ3) is 1.90. The van der Waals surface area contributed by atoms with E-state index in [1.807, 2.05) is 0 Å². The van der Waals surface area contributed by atoms with Crippen LogP contribution in [0.4, 0.5) is 0 Å². The van der Waals surface area contributed by atoms with E-state index in [0.717, 1.165) is 82.9 Å². The van der Waals surface area contributed by atoms with E-state index < -0.39 is 0 Å². The second-order valence-corrected chi connectivity index (χ2v) is 10.8. The molecule has 0 amide bonds. The maximum absolute atomic E-state index is 2.63. The molecule has 0 aliphatic heterocycles. The van der Waals surface area contributed by atoms with E-state index in [2.05, 4.69) is 55.4 Å². The smallest absolute Gasteiger partial charge is 0.0313 e. The van der Waals surface area contributed by atoms with Crippen molar-refractivity contribution < 1.29 is 0 Å². The van der Waals surface area contributed by atoms with Gasteiger partial charge in [0.15, 0.2) is 0 Å². The summed E-state index contributed by atoms with van der Waals surface area (Å²) in [5, 5.41) is 0. The predicted octanol–water partition coefficient (Wildman–Crippen LogP) is 6.22. The van der Waals surface area contributed by atoms with Crippen molar-refractivity contribution in [3.05, 3.63) is 0 Å². The molecule has 132 valence electrons. The monoisotopic (exact) mass is 316 g/mol. The molecule has 0 aromatic heterocycles. The number of rotatable bonds is 0. The van der Waals surface area contributed by atoms with Crippen molar-refractivity contribution in [2.24, 2.45) is 82.9 Å². The van der Waals surface area contributed by atoms with E-state index in [-0.39, 0.29) is 0 Å². The Morgan fingerprint density at radius 2 is 0.783 bits per heavy atom. The van der Waals surface area contributed by atoms with Crippen molar-refractivity contribution >= 4 is 0 Å². The van der Waals surface area contributed by atoms with Gasteiger partial charge in [-0.3, -0.25) is 0 Å². The zero-order valence-electron chi connectivity index (χ0n) is 16.8. The maximum Gasteiger partial charge on any atom is -0.0313 e. The van der Waals surface area contributed by atoms with Gasteiger partial charge < -0.3 is 0 Å². The van der Waals surface area contributed by atoms with Crippen LogP contribution in [0, 0.1) is 82.9 Å². The van der Waals surface area contributed by atoms with Crippen molar-refractivity contribution in [2.45, 2.75) is 61.8 Å². The lowest BCUT2D eigenvalue weighted by Gasteiger charge is -2.50. The highest BCUT2D eigenvalue weighted by atomic mass is 14.7. The number of hydrogen-bond acceptors (Lipinski definition) is 0. The lowest BCUT2D eigenvalue weighted by molar-refractivity contribution is -0.0266. The van der Waals surface area contributed by atoms with Crippen molar-refractivity contribution in [2.75, 3.05) is 0 Å². The van der Waals surface area contributed by atoms with Gasteiger partial charge in [-0.05, 0) is 89.3 Å². The molecule has 4 rings (SSSR count). The Morgan fingerprint density at radius 3 is 1.30 bits per heavy atom. The molecule has 4 fully saturated rings. The average molecular weight is 317 g/mol. The van der Waals surface area contributed by atoms with Crippen LogP contribution in [0.5, 0.6) is 0 Å². The molecule has 0 aromatic rings. The number of hydrogen-bond donors (Lipinski definition) is 0. The molecule has 23 heavy (non-hydrogen) atoms. The van der Waals surface area contributed by atoms with Gasteiger partial charge in [0.1, 0.15) is 0 Å². The fraction of sp³-hybridized carbons (Fsp3) is 1.00. The highest BCUT2D eigenvalue weighted by Crippen LogP contribution is 2.70. The molecule has 14 atom stereocenters. The first kappa shape index (κ1) is 16.5. The minimum atomic E-state index is 0.933. The highest BCUT2D eigenvalue weighted by Gasteiger charge is 2.65. The summed E-state index contributed by atoms with van der Waals surface area (Å²) in [6.07, 6.45) is 1.52. The van der Waals surface area contributed by atoms with E-state index >= 15 is 0 Å². The molecule has 0 aromatic carbocycles. The highest BCUT2D eigenvalue weighted by molar-refractivity contribution is 5.12. The minimum Gasteiger partial charge on any atom is -0.0622 e. The molecule has 0 N–H and O–H groups in total. The molecule has 0 heterocycles. The van der Waals surface area contributed by atoms with Crippen molar-refractivity contribution in [3.8, 4) is 0 Å². The zero-order chi connectivity index (χ0) is 16.8. The predicted molar refractivity (Wildman–Crippen MR) is 98.9 cm³/mol. The summed E-state index contributed by atoms with van der Waals surface area (Å²) in [4.78, 5) is 0. The van der Waals surface area contributed by atoms with Crippen LogP contribution in [0.3, 0.4) is 0 Å². The fourth-order valence-corrected chi connectivity index (χ4v) is 9.03. The zero-order valence-corrected chi connectivity index (χ0v) is 16.8. The lowest BCUT2D eigenvalue weighted by atomic mass is 9.55. The first-order chi connectivity index (χ1) is 10.8. The van der Waals surface area contributed by atoms with E-state index in [0.29, 0.717) is 0 Å². The van der Waals surface area contributed by atoms with E-state index in [4.69, 9.17) is 0 Å². The van der Waals surface area contributed by atoms with Crippen molar-refractivity contribution in [3.63, 3.8) is 0 Å². The molecular weight excluding hydrogens is 276 g/mol. The summed E-state index contributed by atoms with van der Waals surface area (Å²) in [5.74, 6) is 13.7. The quantitative estimate of drug-likeness (QED) is 0.498. The minimum absolute atomic E-state index is 0.933. The fourth-order valence-electron chi connectivity index (χ4n) is 9.03. The SMILES string of the molecule is CC1CC2C(C)C(C)C3C(C)C(C)C4C(C)C(C)C(C1C)C4C23. The second kappa shape index (κ2) is 5.25. The van der Waals surface area contributed by atoms with Gasteiger partial charge >= 0.3 is 0 Å². The Labute approximate surface area is 145 Å². The largest absolute Gasteiger partial charge is 0.0622 e. The molecule has 4 aliphatic carbocycles. The second-order valence-electron chi connectivity index (χ2n) is 10.8. The normalized spacial score (nSPS) is 67.8. The summed E-state index contributed by atoms with van der Waals surface area (Å²) in [5.41, 5.74) is 0. The van der Waals surface area contributed by atoms with Crippen LogP contribution < -0.4 is 0 Å². The van der Waals surface area contributed by atoms with Gasteiger partial charge in [0, 0.05) is 0 Å². The Bertz CT molecular complexity index is 467. The summed E-state index contributed by atoms with van der Waals surface area (Å²) in [7, 11) is 0. The molecule has 0 saturated heterocycles.